The van der Waals surface area contributed by atoms with Gasteiger partial charge in [-0.25, -0.2) is 9.37 Å². The third-order valence-electron chi connectivity index (χ3n) is 3.21. The summed E-state index contributed by atoms with van der Waals surface area (Å²) in [5.74, 6) is -0.147. The number of nitrogens with one attached hydrogen (secondary N) is 2. The van der Waals surface area contributed by atoms with E-state index in [1.807, 2.05) is 13.8 Å². The van der Waals surface area contributed by atoms with Crippen LogP contribution in [0.4, 0.5) is 27.5 Å². The zero-order valence-corrected chi connectivity index (χ0v) is 12.5. The lowest BCUT2D eigenvalue weighted by Gasteiger charge is -2.21. The standard InChI is InChI=1S/C15H20FN5O/c1-9(2)13(8-22)20-14-12(16)7-18-15(21-14)19-11-5-3-4-10(17)6-11/h3-7,9,13,22H,8,17H2,1-2H3,(H2,18,19,20,21)/t13-/m1/s1. The average Bonchev–Trinajstić information content (AvgIpc) is 2.47. The molecule has 118 valence electrons. The first-order chi connectivity index (χ1) is 10.5. The molecule has 5 N–H and O–H groups in total. The highest BCUT2D eigenvalue weighted by Gasteiger charge is 2.16. The van der Waals surface area contributed by atoms with Gasteiger partial charge in [-0.3, -0.25) is 0 Å². The number of benzene rings is 1. The second kappa shape index (κ2) is 7.04. The van der Waals surface area contributed by atoms with Crippen molar-refractivity contribution in [3.8, 4) is 0 Å². The first-order valence-electron chi connectivity index (χ1n) is 7.02. The third-order valence-corrected chi connectivity index (χ3v) is 3.21. The molecule has 0 fully saturated rings. The molecule has 0 aliphatic carbocycles. The molecule has 22 heavy (non-hydrogen) atoms. The Morgan fingerprint density at radius 2 is 2.14 bits per heavy atom. The smallest absolute Gasteiger partial charge is 0.229 e. The number of halogens is 1. The van der Waals surface area contributed by atoms with Gasteiger partial charge in [0.2, 0.25) is 5.95 Å². The van der Waals surface area contributed by atoms with Gasteiger partial charge in [-0.05, 0) is 24.1 Å². The monoisotopic (exact) mass is 305 g/mol. The Labute approximate surface area is 128 Å². The molecule has 0 spiro atoms. The molecule has 0 unspecified atom stereocenters. The molecule has 0 bridgehead atoms. The minimum Gasteiger partial charge on any atom is -0.399 e. The summed E-state index contributed by atoms with van der Waals surface area (Å²) in [6.07, 6.45) is 1.08. The van der Waals surface area contributed by atoms with E-state index < -0.39 is 5.82 Å². The molecule has 6 nitrogen and oxygen atoms in total. The Morgan fingerprint density at radius 1 is 1.36 bits per heavy atom. The Kier molecular flexibility index (Phi) is 5.11. The van der Waals surface area contributed by atoms with Crippen molar-refractivity contribution in [3.63, 3.8) is 0 Å². The maximum absolute atomic E-state index is 13.8. The van der Waals surface area contributed by atoms with Gasteiger partial charge in [0.1, 0.15) is 0 Å². The summed E-state index contributed by atoms with van der Waals surface area (Å²) in [6, 6.07) is 6.80. The Hall–Kier alpha value is -2.41. The third kappa shape index (κ3) is 4.05. The van der Waals surface area contributed by atoms with Crippen molar-refractivity contribution in [1.29, 1.82) is 0 Å². The number of hydrogen-bond donors (Lipinski definition) is 4. The Bertz CT molecular complexity index is 635. The number of anilines is 4. The number of rotatable bonds is 6. The summed E-state index contributed by atoms with van der Waals surface area (Å²) in [5.41, 5.74) is 7.01. The molecule has 2 rings (SSSR count). The zero-order chi connectivity index (χ0) is 16.1. The SMILES string of the molecule is CC(C)[C@@H](CO)Nc1nc(Nc2cccc(N)c2)ncc1F. The highest BCUT2D eigenvalue weighted by Crippen LogP contribution is 2.19. The molecule has 0 amide bonds. The molecule has 0 aliphatic rings. The number of aromatic nitrogens is 2. The molecule has 1 aromatic carbocycles. The summed E-state index contributed by atoms with van der Waals surface area (Å²) in [6.45, 7) is 3.75. The van der Waals surface area contributed by atoms with Gasteiger partial charge < -0.3 is 21.5 Å². The Balaban J connectivity index is 2.19. The molecular weight excluding hydrogens is 285 g/mol. The average molecular weight is 305 g/mol. The van der Waals surface area contributed by atoms with E-state index in [2.05, 4.69) is 20.6 Å². The first-order valence-corrected chi connectivity index (χ1v) is 7.02. The first kappa shape index (κ1) is 16.0. The van der Waals surface area contributed by atoms with Crippen molar-refractivity contribution >= 4 is 23.1 Å². The van der Waals surface area contributed by atoms with Crippen LogP contribution in [-0.2, 0) is 0 Å². The zero-order valence-electron chi connectivity index (χ0n) is 12.5. The van der Waals surface area contributed by atoms with Crippen LogP contribution < -0.4 is 16.4 Å². The predicted molar refractivity (Wildman–Crippen MR) is 85.5 cm³/mol. The number of hydrogen-bond acceptors (Lipinski definition) is 6. The van der Waals surface area contributed by atoms with Crippen LogP contribution >= 0.6 is 0 Å². The van der Waals surface area contributed by atoms with E-state index in [4.69, 9.17) is 5.73 Å². The molecule has 7 heteroatoms. The van der Waals surface area contributed by atoms with Crippen LogP contribution in [0.1, 0.15) is 13.8 Å². The molecule has 0 saturated heterocycles. The van der Waals surface area contributed by atoms with Crippen LogP contribution in [0, 0.1) is 11.7 Å². The van der Waals surface area contributed by atoms with E-state index in [-0.39, 0.29) is 30.3 Å². The molecule has 0 aliphatic heterocycles. The van der Waals surface area contributed by atoms with Crippen LogP contribution in [-0.4, -0.2) is 27.7 Å². The van der Waals surface area contributed by atoms with Crippen molar-refractivity contribution in [3.05, 3.63) is 36.3 Å². The van der Waals surface area contributed by atoms with Gasteiger partial charge in [0.25, 0.3) is 0 Å². The van der Waals surface area contributed by atoms with Crippen molar-refractivity contribution in [1.82, 2.24) is 9.97 Å². The van der Waals surface area contributed by atoms with Gasteiger partial charge >= 0.3 is 0 Å². The Morgan fingerprint density at radius 3 is 2.77 bits per heavy atom. The van der Waals surface area contributed by atoms with Crippen molar-refractivity contribution in [2.24, 2.45) is 5.92 Å². The quantitative estimate of drug-likeness (QED) is 0.612. The molecule has 2 aromatic rings. The van der Waals surface area contributed by atoms with Gasteiger partial charge in [-0.1, -0.05) is 19.9 Å². The summed E-state index contributed by atoms with van der Waals surface area (Å²) >= 11 is 0. The van der Waals surface area contributed by atoms with E-state index in [1.165, 1.54) is 0 Å². The minimum absolute atomic E-state index is 0.0501. The van der Waals surface area contributed by atoms with Crippen LogP contribution in [0.5, 0.6) is 0 Å². The molecule has 0 saturated carbocycles. The maximum atomic E-state index is 13.8. The van der Waals surface area contributed by atoms with Gasteiger partial charge in [-0.2, -0.15) is 4.98 Å². The predicted octanol–water partition coefficient (Wildman–Crippen LogP) is 2.37. The summed E-state index contributed by atoms with van der Waals surface area (Å²) in [4.78, 5) is 8.01. The molecule has 1 aromatic heterocycles. The van der Waals surface area contributed by atoms with Gasteiger partial charge in [0.15, 0.2) is 11.6 Å². The number of aliphatic hydroxyl groups is 1. The lowest BCUT2D eigenvalue weighted by Crippen LogP contribution is -2.30. The van der Waals surface area contributed by atoms with Gasteiger partial charge in [-0.15, -0.1) is 0 Å². The van der Waals surface area contributed by atoms with E-state index in [1.54, 1.807) is 24.3 Å². The lowest BCUT2D eigenvalue weighted by atomic mass is 10.1. The van der Waals surface area contributed by atoms with Crippen LogP contribution in [0.2, 0.25) is 0 Å². The van der Waals surface area contributed by atoms with E-state index in [0.29, 0.717) is 11.4 Å². The van der Waals surface area contributed by atoms with Crippen molar-refractivity contribution < 1.29 is 9.50 Å². The van der Waals surface area contributed by atoms with Crippen molar-refractivity contribution in [2.75, 3.05) is 23.0 Å². The van der Waals surface area contributed by atoms with Crippen LogP contribution in [0.25, 0.3) is 0 Å². The maximum Gasteiger partial charge on any atom is 0.229 e. The van der Waals surface area contributed by atoms with E-state index in [9.17, 15) is 9.50 Å². The number of nitrogens with two attached hydrogens (primary N) is 1. The fraction of sp³-hybridized carbons (Fsp3) is 0.333. The second-order valence-electron chi connectivity index (χ2n) is 5.32. The van der Waals surface area contributed by atoms with E-state index >= 15 is 0 Å². The van der Waals surface area contributed by atoms with Crippen LogP contribution in [0.3, 0.4) is 0 Å². The molecular formula is C15H20FN5O. The molecule has 1 heterocycles. The summed E-state index contributed by atoms with van der Waals surface area (Å²) < 4.78 is 13.8. The van der Waals surface area contributed by atoms with Crippen LogP contribution in [0.15, 0.2) is 30.5 Å². The van der Waals surface area contributed by atoms with Crippen molar-refractivity contribution in [2.45, 2.75) is 19.9 Å². The summed E-state index contributed by atoms with van der Waals surface area (Å²) in [5, 5.41) is 15.2. The highest BCUT2D eigenvalue weighted by molar-refractivity contribution is 5.60. The largest absolute Gasteiger partial charge is 0.399 e. The van der Waals surface area contributed by atoms with Gasteiger partial charge in [0.05, 0.1) is 18.8 Å². The molecule has 1 atom stereocenters. The number of nitrogens with zero attached hydrogens (tertiary/aromatic N) is 2. The lowest BCUT2D eigenvalue weighted by molar-refractivity contribution is 0.248. The highest BCUT2D eigenvalue weighted by atomic mass is 19.1. The normalized spacial score (nSPS) is 12.2. The molecule has 0 radical (unpaired) electrons. The number of nitrogen functional groups attached to an aromatic ring is 1. The fourth-order valence-electron chi connectivity index (χ4n) is 1.87. The topological polar surface area (TPSA) is 96.1 Å². The van der Waals surface area contributed by atoms with Gasteiger partial charge in [0, 0.05) is 11.4 Å². The number of aliphatic hydroxyl groups excluding tert-OH is 1. The fourth-order valence-corrected chi connectivity index (χ4v) is 1.87. The summed E-state index contributed by atoms with van der Waals surface area (Å²) in [7, 11) is 0. The second-order valence-corrected chi connectivity index (χ2v) is 5.32. The van der Waals surface area contributed by atoms with E-state index in [0.717, 1.165) is 6.20 Å². The minimum atomic E-state index is -0.572.